The van der Waals surface area contributed by atoms with Crippen LogP contribution in [0, 0.1) is 11.3 Å². The van der Waals surface area contributed by atoms with Gasteiger partial charge in [-0.1, -0.05) is 0 Å². The van der Waals surface area contributed by atoms with Gasteiger partial charge in [-0.2, -0.15) is 0 Å². The number of esters is 1. The zero-order valence-corrected chi connectivity index (χ0v) is 8.14. The lowest BCUT2D eigenvalue weighted by Gasteiger charge is -2.54. The molecule has 1 aliphatic heterocycles. The fourth-order valence-corrected chi connectivity index (χ4v) is 2.53. The highest BCUT2D eigenvalue weighted by Crippen LogP contribution is 2.49. The molecule has 0 bridgehead atoms. The average molecular weight is 183 g/mol. The molecule has 1 heterocycles. The molecular formula is C10H17NO2. The number of rotatable bonds is 3. The van der Waals surface area contributed by atoms with E-state index >= 15 is 0 Å². The molecule has 0 unspecified atom stereocenters. The Morgan fingerprint density at radius 2 is 2.23 bits per heavy atom. The molecule has 3 heteroatoms. The number of ether oxygens (including phenoxy) is 1. The minimum atomic E-state index is -0.0189. The zero-order chi connectivity index (χ0) is 9.31. The van der Waals surface area contributed by atoms with Crippen molar-refractivity contribution < 1.29 is 9.53 Å². The summed E-state index contributed by atoms with van der Waals surface area (Å²) in [5.74, 6) is 0.579. The molecule has 2 aliphatic rings. The van der Waals surface area contributed by atoms with Crippen molar-refractivity contribution in [3.8, 4) is 0 Å². The molecule has 0 aromatic rings. The number of hydrogen-bond donors (Lipinski definition) is 1. The Morgan fingerprint density at radius 3 is 2.69 bits per heavy atom. The first-order valence-electron chi connectivity index (χ1n) is 5.10. The van der Waals surface area contributed by atoms with Crippen LogP contribution in [0.2, 0.25) is 0 Å². The maximum atomic E-state index is 11.1. The molecule has 0 radical (unpaired) electrons. The third-order valence-electron chi connectivity index (χ3n) is 3.20. The highest BCUT2D eigenvalue weighted by atomic mass is 16.5. The van der Waals surface area contributed by atoms with Crippen molar-refractivity contribution in [1.82, 2.24) is 5.32 Å². The maximum absolute atomic E-state index is 11.1. The van der Waals surface area contributed by atoms with E-state index in [4.69, 9.17) is 4.74 Å². The summed E-state index contributed by atoms with van der Waals surface area (Å²) < 4.78 is 4.91. The van der Waals surface area contributed by atoms with E-state index in [1.165, 1.54) is 12.8 Å². The Kier molecular flexibility index (Phi) is 2.28. The van der Waals surface area contributed by atoms with E-state index in [2.05, 4.69) is 5.32 Å². The molecule has 2 rings (SSSR count). The van der Waals surface area contributed by atoms with Crippen LogP contribution in [0.3, 0.4) is 0 Å². The van der Waals surface area contributed by atoms with Crippen LogP contribution in [0.25, 0.3) is 0 Å². The molecule has 1 spiro atoms. The van der Waals surface area contributed by atoms with Crippen molar-refractivity contribution in [3.63, 3.8) is 0 Å². The predicted molar refractivity (Wildman–Crippen MR) is 49.3 cm³/mol. The van der Waals surface area contributed by atoms with Gasteiger partial charge in [-0.15, -0.1) is 0 Å². The second-order valence-electron chi connectivity index (χ2n) is 4.39. The Balaban J connectivity index is 1.66. The van der Waals surface area contributed by atoms with Crippen LogP contribution in [0.4, 0.5) is 0 Å². The van der Waals surface area contributed by atoms with Crippen LogP contribution in [-0.4, -0.2) is 25.7 Å². The first-order chi connectivity index (χ1) is 6.24. The number of carbonyl (C=O) groups is 1. The summed E-state index contributed by atoms with van der Waals surface area (Å²) >= 11 is 0. The number of hydrogen-bond acceptors (Lipinski definition) is 3. The molecule has 1 saturated carbocycles. The first kappa shape index (κ1) is 9.00. The molecule has 0 aromatic heterocycles. The van der Waals surface area contributed by atoms with E-state index in [0.29, 0.717) is 24.4 Å². The topological polar surface area (TPSA) is 38.3 Å². The molecule has 0 amide bonds. The quantitative estimate of drug-likeness (QED) is 0.662. The van der Waals surface area contributed by atoms with Crippen LogP contribution >= 0.6 is 0 Å². The molecule has 3 nitrogen and oxygen atoms in total. The maximum Gasteiger partial charge on any atom is 0.306 e. The van der Waals surface area contributed by atoms with E-state index in [9.17, 15) is 4.79 Å². The second-order valence-corrected chi connectivity index (χ2v) is 4.39. The Bertz CT molecular complexity index is 203. The van der Waals surface area contributed by atoms with Gasteiger partial charge in [-0.25, -0.2) is 0 Å². The molecule has 74 valence electrons. The first-order valence-corrected chi connectivity index (χ1v) is 5.10. The van der Waals surface area contributed by atoms with E-state index in [0.717, 1.165) is 13.1 Å². The van der Waals surface area contributed by atoms with E-state index in [-0.39, 0.29) is 5.97 Å². The van der Waals surface area contributed by atoms with Gasteiger partial charge in [-0.05, 0) is 31.1 Å². The monoisotopic (exact) mass is 183 g/mol. The summed E-state index contributed by atoms with van der Waals surface area (Å²) in [4.78, 5) is 11.1. The van der Waals surface area contributed by atoms with Gasteiger partial charge in [0.15, 0.2) is 0 Å². The van der Waals surface area contributed by atoms with Crippen LogP contribution in [0.1, 0.15) is 26.2 Å². The molecule has 13 heavy (non-hydrogen) atoms. The molecule has 1 N–H and O–H groups in total. The van der Waals surface area contributed by atoms with E-state index in [1.54, 1.807) is 0 Å². The third kappa shape index (κ3) is 1.70. The average Bonchev–Trinajstić information content (AvgIpc) is 1.92. The Hall–Kier alpha value is -0.570. The van der Waals surface area contributed by atoms with Gasteiger partial charge in [0.25, 0.3) is 0 Å². The third-order valence-corrected chi connectivity index (χ3v) is 3.20. The SMILES string of the molecule is CCOC(=O)CC1CC2(CNC2)C1. The lowest BCUT2D eigenvalue weighted by atomic mass is 9.58. The van der Waals surface area contributed by atoms with Crippen LogP contribution < -0.4 is 5.32 Å². The van der Waals surface area contributed by atoms with E-state index < -0.39 is 0 Å². The standard InChI is InChI=1S/C10H17NO2/c1-2-13-9(12)3-8-4-10(5-8)6-11-7-10/h8,11H,2-7H2,1H3. The minimum absolute atomic E-state index is 0.0189. The smallest absolute Gasteiger partial charge is 0.306 e. The molecular weight excluding hydrogens is 166 g/mol. The van der Waals surface area contributed by atoms with Crippen molar-refractivity contribution in [1.29, 1.82) is 0 Å². The highest BCUT2D eigenvalue weighted by Gasteiger charge is 2.48. The normalized spacial score (nSPS) is 25.0. The van der Waals surface area contributed by atoms with Gasteiger partial charge < -0.3 is 10.1 Å². The second kappa shape index (κ2) is 3.29. The number of carbonyl (C=O) groups excluding carboxylic acids is 1. The van der Waals surface area contributed by atoms with E-state index in [1.807, 2.05) is 6.92 Å². The molecule has 1 aliphatic carbocycles. The fourth-order valence-electron chi connectivity index (χ4n) is 2.53. The summed E-state index contributed by atoms with van der Waals surface area (Å²) in [5, 5.41) is 3.29. The summed E-state index contributed by atoms with van der Waals surface area (Å²) in [5.41, 5.74) is 0.581. The number of nitrogens with one attached hydrogen (secondary N) is 1. The van der Waals surface area contributed by atoms with Crippen molar-refractivity contribution in [2.75, 3.05) is 19.7 Å². The summed E-state index contributed by atoms with van der Waals surface area (Å²) in [6.45, 7) is 4.69. The van der Waals surface area contributed by atoms with Gasteiger partial charge in [-0.3, -0.25) is 4.79 Å². The lowest BCUT2D eigenvalue weighted by Crippen LogP contribution is -2.60. The lowest BCUT2D eigenvalue weighted by molar-refractivity contribution is -0.147. The summed E-state index contributed by atoms with van der Waals surface area (Å²) in [6, 6.07) is 0. The summed E-state index contributed by atoms with van der Waals surface area (Å²) in [7, 11) is 0. The minimum Gasteiger partial charge on any atom is -0.466 e. The fraction of sp³-hybridized carbons (Fsp3) is 0.900. The molecule has 0 atom stereocenters. The molecule has 2 fully saturated rings. The van der Waals surface area contributed by atoms with Gasteiger partial charge >= 0.3 is 5.97 Å². The Labute approximate surface area is 78.8 Å². The molecule has 1 saturated heterocycles. The van der Waals surface area contributed by atoms with Crippen molar-refractivity contribution in [2.45, 2.75) is 26.2 Å². The highest BCUT2D eigenvalue weighted by molar-refractivity contribution is 5.69. The predicted octanol–water partition coefficient (Wildman–Crippen LogP) is 0.939. The Morgan fingerprint density at radius 1 is 1.54 bits per heavy atom. The van der Waals surface area contributed by atoms with Gasteiger partial charge in [0.1, 0.15) is 0 Å². The van der Waals surface area contributed by atoms with Crippen molar-refractivity contribution >= 4 is 5.97 Å². The van der Waals surface area contributed by atoms with Gasteiger partial charge in [0.2, 0.25) is 0 Å². The van der Waals surface area contributed by atoms with Gasteiger partial charge in [0.05, 0.1) is 6.61 Å². The van der Waals surface area contributed by atoms with Crippen LogP contribution in [0.5, 0.6) is 0 Å². The van der Waals surface area contributed by atoms with Crippen molar-refractivity contribution in [2.24, 2.45) is 11.3 Å². The van der Waals surface area contributed by atoms with Crippen LogP contribution in [0.15, 0.2) is 0 Å². The van der Waals surface area contributed by atoms with Gasteiger partial charge in [0, 0.05) is 19.5 Å². The largest absolute Gasteiger partial charge is 0.466 e. The zero-order valence-electron chi connectivity index (χ0n) is 8.14. The molecule has 0 aromatic carbocycles. The van der Waals surface area contributed by atoms with Crippen molar-refractivity contribution in [3.05, 3.63) is 0 Å². The van der Waals surface area contributed by atoms with Crippen LogP contribution in [-0.2, 0) is 9.53 Å². The summed E-state index contributed by atoms with van der Waals surface area (Å²) in [6.07, 6.45) is 3.08.